The number of aryl methyl sites for hydroxylation is 1. The summed E-state index contributed by atoms with van der Waals surface area (Å²) in [5.41, 5.74) is 3.26. The Labute approximate surface area is 161 Å². The van der Waals surface area contributed by atoms with Crippen LogP contribution in [0.2, 0.25) is 0 Å². The monoisotopic (exact) mass is 371 g/mol. The molecule has 2 fully saturated rings. The highest BCUT2D eigenvalue weighted by atomic mass is 16.5. The molecule has 2 aliphatic rings. The lowest BCUT2D eigenvalue weighted by atomic mass is 9.90. The van der Waals surface area contributed by atoms with Crippen LogP contribution < -0.4 is 5.69 Å². The van der Waals surface area contributed by atoms with Crippen LogP contribution in [0.3, 0.4) is 0 Å². The fourth-order valence-electron chi connectivity index (χ4n) is 5.03. The molecule has 0 radical (unpaired) electrons. The van der Waals surface area contributed by atoms with Crippen LogP contribution in [0.1, 0.15) is 64.0 Å². The maximum absolute atomic E-state index is 12.5. The first kappa shape index (κ1) is 18.8. The predicted octanol–water partition coefficient (Wildman–Crippen LogP) is 4.01. The molecule has 1 aliphatic heterocycles. The Morgan fingerprint density at radius 3 is 2.41 bits per heavy atom. The highest BCUT2D eigenvalue weighted by molar-refractivity contribution is 5.76. The Balaban J connectivity index is 1.38. The zero-order chi connectivity index (χ0) is 19.0. The number of hydrogen-bond acceptors (Lipinski definition) is 3. The number of rotatable bonds is 4. The molecule has 2 aromatic rings. The van der Waals surface area contributed by atoms with Crippen molar-refractivity contribution in [1.29, 1.82) is 0 Å². The third kappa shape index (κ3) is 3.99. The number of likely N-dealkylation sites (tertiary alicyclic amines) is 1. The number of nitrogens with one attached hydrogen (secondary N) is 1. The number of imidazole rings is 1. The van der Waals surface area contributed by atoms with Crippen molar-refractivity contribution < 1.29 is 4.74 Å². The van der Waals surface area contributed by atoms with E-state index in [4.69, 9.17) is 4.74 Å². The molecule has 1 aliphatic carbocycles. The molecule has 1 N–H and O–H groups in total. The number of hydrogen-bond donors (Lipinski definition) is 1. The highest BCUT2D eigenvalue weighted by Crippen LogP contribution is 2.31. The normalized spacial score (nSPS) is 25.5. The summed E-state index contributed by atoms with van der Waals surface area (Å²) in [6, 6.07) is 7.22. The van der Waals surface area contributed by atoms with Crippen molar-refractivity contribution in [3.05, 3.63) is 34.2 Å². The molecule has 0 bridgehead atoms. The predicted molar refractivity (Wildman–Crippen MR) is 109 cm³/mol. The lowest BCUT2D eigenvalue weighted by molar-refractivity contribution is -0.0289. The van der Waals surface area contributed by atoms with Gasteiger partial charge < -0.3 is 14.6 Å². The van der Waals surface area contributed by atoms with Crippen LogP contribution in [0, 0.1) is 6.92 Å². The molecule has 5 nitrogen and oxygen atoms in total. The van der Waals surface area contributed by atoms with Crippen molar-refractivity contribution in [2.24, 2.45) is 0 Å². The standard InChI is InChI=1S/C22H33N3O2/c1-15(2)27-19-7-5-17(6-8-19)24-12-10-18(11-13-24)25-21-14-16(3)4-9-20(21)23-22(25)26/h4,9,14-15,17-19H,5-8,10-13H2,1-3H3,(H,23,26). The largest absolute Gasteiger partial charge is 0.376 e. The Kier molecular flexibility index (Phi) is 5.42. The summed E-state index contributed by atoms with van der Waals surface area (Å²) in [7, 11) is 0. The number of aromatic amines is 1. The lowest BCUT2D eigenvalue weighted by Crippen LogP contribution is -2.45. The average molecular weight is 372 g/mol. The summed E-state index contributed by atoms with van der Waals surface area (Å²) < 4.78 is 8.00. The summed E-state index contributed by atoms with van der Waals surface area (Å²) in [6.07, 6.45) is 7.76. The summed E-state index contributed by atoms with van der Waals surface area (Å²) in [4.78, 5) is 18.2. The van der Waals surface area contributed by atoms with Crippen LogP contribution in [-0.2, 0) is 4.74 Å². The Bertz CT molecular complexity index is 822. The molecule has 1 aromatic carbocycles. The molecule has 5 heteroatoms. The number of nitrogens with zero attached hydrogens (tertiary/aromatic N) is 2. The van der Waals surface area contributed by atoms with Crippen molar-refractivity contribution in [1.82, 2.24) is 14.5 Å². The van der Waals surface area contributed by atoms with Crippen molar-refractivity contribution in [3.63, 3.8) is 0 Å². The van der Waals surface area contributed by atoms with Crippen LogP contribution in [-0.4, -0.2) is 45.8 Å². The molecule has 1 aromatic heterocycles. The number of aromatic nitrogens is 2. The van der Waals surface area contributed by atoms with E-state index in [1.807, 2.05) is 10.6 Å². The van der Waals surface area contributed by atoms with E-state index in [-0.39, 0.29) is 5.69 Å². The van der Waals surface area contributed by atoms with E-state index in [0.29, 0.717) is 24.3 Å². The second-order valence-electron chi connectivity index (χ2n) is 8.70. The molecule has 148 valence electrons. The molecule has 27 heavy (non-hydrogen) atoms. The number of H-pyrrole nitrogens is 1. The minimum Gasteiger partial charge on any atom is -0.376 e. The molecule has 0 atom stereocenters. The van der Waals surface area contributed by atoms with E-state index in [0.717, 1.165) is 37.0 Å². The van der Waals surface area contributed by atoms with Crippen LogP contribution in [0.15, 0.2) is 23.0 Å². The molecule has 0 amide bonds. The van der Waals surface area contributed by atoms with Crippen molar-refractivity contribution in [2.75, 3.05) is 13.1 Å². The lowest BCUT2D eigenvalue weighted by Gasteiger charge is -2.41. The summed E-state index contributed by atoms with van der Waals surface area (Å²) >= 11 is 0. The quantitative estimate of drug-likeness (QED) is 0.883. The molecule has 4 rings (SSSR count). The van der Waals surface area contributed by atoms with Crippen LogP contribution in [0.25, 0.3) is 11.0 Å². The van der Waals surface area contributed by atoms with Gasteiger partial charge in [-0.25, -0.2) is 4.79 Å². The highest BCUT2D eigenvalue weighted by Gasteiger charge is 2.30. The van der Waals surface area contributed by atoms with Gasteiger partial charge in [0.15, 0.2) is 0 Å². The number of fused-ring (bicyclic) bond motifs is 1. The molecule has 1 saturated heterocycles. The van der Waals surface area contributed by atoms with E-state index in [1.165, 1.54) is 31.2 Å². The summed E-state index contributed by atoms with van der Waals surface area (Å²) in [5.74, 6) is 0. The number of ether oxygens (including phenoxy) is 1. The molecule has 0 unspecified atom stereocenters. The first-order valence-electron chi connectivity index (χ1n) is 10.6. The molecule has 2 heterocycles. The second kappa shape index (κ2) is 7.80. The number of benzene rings is 1. The van der Waals surface area contributed by atoms with E-state index in [9.17, 15) is 4.79 Å². The Hall–Kier alpha value is -1.59. The van der Waals surface area contributed by atoms with Crippen molar-refractivity contribution in [3.8, 4) is 0 Å². The van der Waals surface area contributed by atoms with Crippen molar-refractivity contribution in [2.45, 2.75) is 83.6 Å². The van der Waals surface area contributed by atoms with Crippen LogP contribution in [0.4, 0.5) is 0 Å². The van der Waals surface area contributed by atoms with Gasteiger partial charge in [-0.05, 0) is 77.0 Å². The fraction of sp³-hybridized carbons (Fsp3) is 0.682. The van der Waals surface area contributed by atoms with E-state index in [1.54, 1.807) is 0 Å². The topological polar surface area (TPSA) is 50.3 Å². The third-order valence-corrected chi connectivity index (χ3v) is 6.36. The number of piperidine rings is 1. The van der Waals surface area contributed by atoms with E-state index in [2.05, 4.69) is 42.8 Å². The third-order valence-electron chi connectivity index (χ3n) is 6.36. The van der Waals surface area contributed by atoms with Crippen molar-refractivity contribution >= 4 is 11.0 Å². The average Bonchev–Trinajstić information content (AvgIpc) is 2.97. The summed E-state index contributed by atoms with van der Waals surface area (Å²) in [5, 5.41) is 0. The second-order valence-corrected chi connectivity index (χ2v) is 8.70. The molecule has 1 saturated carbocycles. The fourth-order valence-corrected chi connectivity index (χ4v) is 5.03. The first-order chi connectivity index (χ1) is 13.0. The zero-order valence-corrected chi connectivity index (χ0v) is 16.9. The minimum absolute atomic E-state index is 0.0420. The maximum atomic E-state index is 12.5. The van der Waals surface area contributed by atoms with E-state index >= 15 is 0 Å². The van der Waals surface area contributed by atoms with Gasteiger partial charge in [0.25, 0.3) is 0 Å². The first-order valence-corrected chi connectivity index (χ1v) is 10.6. The van der Waals surface area contributed by atoms with Gasteiger partial charge in [0, 0.05) is 25.2 Å². The van der Waals surface area contributed by atoms with Gasteiger partial charge in [0.05, 0.1) is 23.2 Å². The SMILES string of the molecule is Cc1ccc2[nH]c(=O)n(C3CCN(C4CCC(OC(C)C)CC4)CC3)c2c1. The summed E-state index contributed by atoms with van der Waals surface area (Å²) in [6.45, 7) is 8.53. The van der Waals surface area contributed by atoms with E-state index < -0.39 is 0 Å². The van der Waals surface area contributed by atoms with Crippen LogP contribution >= 0.6 is 0 Å². The van der Waals surface area contributed by atoms with Gasteiger partial charge in [0.2, 0.25) is 0 Å². The molecular formula is C22H33N3O2. The molecule has 0 spiro atoms. The Morgan fingerprint density at radius 2 is 1.74 bits per heavy atom. The smallest absolute Gasteiger partial charge is 0.326 e. The van der Waals surface area contributed by atoms with Gasteiger partial charge in [-0.1, -0.05) is 6.07 Å². The van der Waals surface area contributed by atoms with Gasteiger partial charge in [-0.3, -0.25) is 4.57 Å². The van der Waals surface area contributed by atoms with Gasteiger partial charge in [-0.2, -0.15) is 0 Å². The molecular weight excluding hydrogens is 338 g/mol. The van der Waals surface area contributed by atoms with Crippen LogP contribution in [0.5, 0.6) is 0 Å². The van der Waals surface area contributed by atoms with Gasteiger partial charge in [-0.15, -0.1) is 0 Å². The zero-order valence-electron chi connectivity index (χ0n) is 16.9. The Morgan fingerprint density at radius 1 is 1.04 bits per heavy atom. The minimum atomic E-state index is 0.0420. The van der Waals surface area contributed by atoms with Gasteiger partial charge in [0.1, 0.15) is 0 Å². The maximum Gasteiger partial charge on any atom is 0.326 e. The van der Waals surface area contributed by atoms with Gasteiger partial charge >= 0.3 is 5.69 Å².